The molecule has 0 bridgehead atoms. The Bertz CT molecular complexity index is 964. The van der Waals surface area contributed by atoms with E-state index in [9.17, 15) is 4.79 Å². The van der Waals surface area contributed by atoms with Gasteiger partial charge in [-0.3, -0.25) is 4.79 Å². The number of fused-ring (bicyclic) bond motifs is 1. The van der Waals surface area contributed by atoms with Crippen LogP contribution in [-0.4, -0.2) is 20.7 Å². The first-order valence-electron chi connectivity index (χ1n) is 9.35. The summed E-state index contributed by atoms with van der Waals surface area (Å²) in [5, 5.41) is 7.60. The zero-order valence-corrected chi connectivity index (χ0v) is 15.4. The molecule has 6 nitrogen and oxygen atoms in total. The van der Waals surface area contributed by atoms with Gasteiger partial charge in [0.25, 0.3) is 5.91 Å². The quantitative estimate of drug-likeness (QED) is 0.699. The molecule has 1 unspecified atom stereocenters. The monoisotopic (exact) mass is 361 g/mol. The average Bonchev–Trinajstić information content (AvgIpc) is 3.13. The van der Waals surface area contributed by atoms with Crippen molar-refractivity contribution in [3.63, 3.8) is 0 Å². The molecule has 1 aliphatic carbocycles. The fourth-order valence-electron chi connectivity index (χ4n) is 3.80. The van der Waals surface area contributed by atoms with Gasteiger partial charge in [0, 0.05) is 11.9 Å². The van der Waals surface area contributed by atoms with Crippen molar-refractivity contribution in [2.45, 2.75) is 38.6 Å². The number of pyridine rings is 1. The van der Waals surface area contributed by atoms with E-state index in [1.165, 1.54) is 11.1 Å². The van der Waals surface area contributed by atoms with Gasteiger partial charge in [-0.1, -0.05) is 19.1 Å². The molecule has 1 aliphatic rings. The Morgan fingerprint density at radius 3 is 3.00 bits per heavy atom. The van der Waals surface area contributed by atoms with Gasteiger partial charge in [0.1, 0.15) is 0 Å². The van der Waals surface area contributed by atoms with Gasteiger partial charge in [0.15, 0.2) is 5.82 Å². The van der Waals surface area contributed by atoms with E-state index in [2.05, 4.69) is 15.4 Å². The fraction of sp³-hybridized carbons (Fsp3) is 0.286. The molecule has 0 radical (unpaired) electrons. The molecule has 3 N–H and O–H groups in total. The van der Waals surface area contributed by atoms with Gasteiger partial charge in [-0.15, -0.1) is 0 Å². The van der Waals surface area contributed by atoms with Gasteiger partial charge in [0.2, 0.25) is 0 Å². The van der Waals surface area contributed by atoms with E-state index < -0.39 is 0 Å². The first-order valence-corrected chi connectivity index (χ1v) is 9.35. The summed E-state index contributed by atoms with van der Waals surface area (Å²) in [6.45, 7) is 2.02. The predicted octanol–water partition coefficient (Wildman–Crippen LogP) is 3.22. The number of aromatic nitrogens is 3. The zero-order valence-electron chi connectivity index (χ0n) is 15.4. The summed E-state index contributed by atoms with van der Waals surface area (Å²) in [4.78, 5) is 17.3. The SMILES string of the molecule is CCc1c(C(=O)NC2CCCc3cc(N)ccc32)cnn1-c1ccccn1. The number of nitrogens with two attached hydrogens (primary N) is 1. The van der Waals surface area contributed by atoms with Crippen molar-refractivity contribution >= 4 is 11.6 Å². The van der Waals surface area contributed by atoms with Gasteiger partial charge in [-0.2, -0.15) is 5.10 Å². The van der Waals surface area contributed by atoms with Crippen molar-refractivity contribution in [1.29, 1.82) is 0 Å². The molecule has 2 heterocycles. The van der Waals surface area contributed by atoms with Crippen LogP contribution in [0.15, 0.2) is 48.8 Å². The van der Waals surface area contributed by atoms with Crippen molar-refractivity contribution in [1.82, 2.24) is 20.1 Å². The minimum atomic E-state index is -0.0938. The maximum absolute atomic E-state index is 13.0. The molecule has 2 aromatic heterocycles. The first kappa shape index (κ1) is 17.3. The third-order valence-electron chi connectivity index (χ3n) is 5.10. The zero-order chi connectivity index (χ0) is 18.8. The number of anilines is 1. The van der Waals surface area contributed by atoms with Crippen molar-refractivity contribution in [3.8, 4) is 5.82 Å². The third-order valence-corrected chi connectivity index (χ3v) is 5.10. The molecule has 27 heavy (non-hydrogen) atoms. The number of carbonyl (C=O) groups excluding carboxylic acids is 1. The molecule has 0 aliphatic heterocycles. The Hall–Kier alpha value is -3.15. The number of aryl methyl sites for hydroxylation is 1. The van der Waals surface area contributed by atoms with Crippen LogP contribution < -0.4 is 11.1 Å². The lowest BCUT2D eigenvalue weighted by molar-refractivity contribution is 0.0932. The summed E-state index contributed by atoms with van der Waals surface area (Å²) in [5.41, 5.74) is 10.5. The Morgan fingerprint density at radius 1 is 1.33 bits per heavy atom. The largest absolute Gasteiger partial charge is 0.399 e. The molecule has 0 saturated carbocycles. The Morgan fingerprint density at radius 2 is 2.22 bits per heavy atom. The van der Waals surface area contributed by atoms with Crippen LogP contribution in [0, 0.1) is 0 Å². The molecule has 0 fully saturated rings. The summed E-state index contributed by atoms with van der Waals surface area (Å²) in [6.07, 6.45) is 7.02. The first-order chi connectivity index (χ1) is 13.2. The van der Waals surface area contributed by atoms with E-state index in [0.29, 0.717) is 17.8 Å². The number of benzene rings is 1. The number of hydrogen-bond donors (Lipinski definition) is 2. The van der Waals surface area contributed by atoms with E-state index in [4.69, 9.17) is 5.73 Å². The van der Waals surface area contributed by atoms with Crippen LogP contribution in [0.2, 0.25) is 0 Å². The minimum absolute atomic E-state index is 0.00440. The van der Waals surface area contributed by atoms with E-state index in [-0.39, 0.29) is 11.9 Å². The molecule has 3 aromatic rings. The van der Waals surface area contributed by atoms with Gasteiger partial charge in [-0.05, 0) is 61.1 Å². The normalized spacial score (nSPS) is 16.0. The molecule has 1 aromatic carbocycles. The van der Waals surface area contributed by atoms with E-state index in [1.807, 2.05) is 43.3 Å². The van der Waals surface area contributed by atoms with Gasteiger partial charge in [0.05, 0.1) is 23.5 Å². The lowest BCUT2D eigenvalue weighted by Crippen LogP contribution is -2.31. The van der Waals surface area contributed by atoms with E-state index >= 15 is 0 Å². The van der Waals surface area contributed by atoms with Crippen LogP contribution in [0.25, 0.3) is 5.82 Å². The molecule has 4 rings (SSSR count). The second-order valence-corrected chi connectivity index (χ2v) is 6.83. The maximum atomic E-state index is 13.0. The summed E-state index contributed by atoms with van der Waals surface area (Å²) in [5.74, 6) is 0.621. The average molecular weight is 361 g/mol. The van der Waals surface area contributed by atoms with Crippen LogP contribution in [0.4, 0.5) is 5.69 Å². The number of nitrogens with zero attached hydrogens (tertiary/aromatic N) is 3. The molecule has 1 atom stereocenters. The summed E-state index contributed by atoms with van der Waals surface area (Å²) < 4.78 is 1.74. The van der Waals surface area contributed by atoms with Crippen LogP contribution in [0.1, 0.15) is 53.0 Å². The van der Waals surface area contributed by atoms with Crippen LogP contribution in [-0.2, 0) is 12.8 Å². The summed E-state index contributed by atoms with van der Waals surface area (Å²) in [7, 11) is 0. The third kappa shape index (κ3) is 3.30. The highest BCUT2D eigenvalue weighted by molar-refractivity contribution is 5.95. The van der Waals surface area contributed by atoms with Crippen molar-refractivity contribution in [2.24, 2.45) is 0 Å². The summed E-state index contributed by atoms with van der Waals surface area (Å²) >= 11 is 0. The van der Waals surface area contributed by atoms with Crippen molar-refractivity contribution < 1.29 is 4.79 Å². The highest BCUT2D eigenvalue weighted by Gasteiger charge is 2.25. The summed E-state index contributed by atoms with van der Waals surface area (Å²) in [6, 6.07) is 11.6. The van der Waals surface area contributed by atoms with Crippen LogP contribution in [0.5, 0.6) is 0 Å². The molecule has 1 amide bonds. The fourth-order valence-corrected chi connectivity index (χ4v) is 3.80. The number of rotatable bonds is 4. The Labute approximate surface area is 158 Å². The number of nitrogens with one attached hydrogen (secondary N) is 1. The second-order valence-electron chi connectivity index (χ2n) is 6.83. The molecular weight excluding hydrogens is 338 g/mol. The topological polar surface area (TPSA) is 85.8 Å². The number of nitrogen functional groups attached to an aromatic ring is 1. The van der Waals surface area contributed by atoms with Crippen LogP contribution in [0.3, 0.4) is 0 Å². The lowest BCUT2D eigenvalue weighted by atomic mass is 9.87. The van der Waals surface area contributed by atoms with Gasteiger partial charge in [-0.25, -0.2) is 9.67 Å². The number of hydrogen-bond acceptors (Lipinski definition) is 4. The molecule has 0 saturated heterocycles. The van der Waals surface area contributed by atoms with Crippen molar-refractivity contribution in [3.05, 3.63) is 71.2 Å². The Balaban J connectivity index is 1.61. The van der Waals surface area contributed by atoms with Crippen molar-refractivity contribution in [2.75, 3.05) is 5.73 Å². The highest BCUT2D eigenvalue weighted by atomic mass is 16.1. The van der Waals surface area contributed by atoms with Gasteiger partial charge < -0.3 is 11.1 Å². The van der Waals surface area contributed by atoms with Crippen LogP contribution >= 0.6 is 0 Å². The molecule has 6 heteroatoms. The molecule has 138 valence electrons. The second kappa shape index (κ2) is 7.23. The Kier molecular flexibility index (Phi) is 4.62. The number of carbonyl (C=O) groups is 1. The predicted molar refractivity (Wildman–Crippen MR) is 105 cm³/mol. The highest BCUT2D eigenvalue weighted by Crippen LogP contribution is 2.31. The lowest BCUT2D eigenvalue weighted by Gasteiger charge is -2.26. The molecule has 0 spiro atoms. The smallest absolute Gasteiger partial charge is 0.255 e. The van der Waals surface area contributed by atoms with E-state index in [1.54, 1.807) is 17.1 Å². The van der Waals surface area contributed by atoms with Gasteiger partial charge >= 0.3 is 0 Å². The standard InChI is InChI=1S/C21H23N5O/c1-2-19-17(13-24-26(19)20-8-3-4-11-23-20)21(27)25-18-7-5-6-14-12-15(22)9-10-16(14)18/h3-4,8-13,18H,2,5-7,22H2,1H3,(H,25,27). The van der Waals surface area contributed by atoms with E-state index in [0.717, 1.165) is 30.6 Å². The minimum Gasteiger partial charge on any atom is -0.399 e. The molecular formula is C21H23N5O. The maximum Gasteiger partial charge on any atom is 0.255 e. The number of amides is 1.